The largest absolute Gasteiger partial charge is 0.337 e. The second-order valence-corrected chi connectivity index (χ2v) is 10.8. The van der Waals surface area contributed by atoms with E-state index in [2.05, 4.69) is 34.0 Å². The van der Waals surface area contributed by atoms with Gasteiger partial charge < -0.3 is 9.88 Å². The first kappa shape index (κ1) is 22.9. The minimum atomic E-state index is -0.654. The predicted molar refractivity (Wildman–Crippen MR) is 128 cm³/mol. The highest BCUT2D eigenvalue weighted by Crippen LogP contribution is 2.70. The van der Waals surface area contributed by atoms with Gasteiger partial charge in [0, 0.05) is 24.7 Å². The Labute approximate surface area is 207 Å². The summed E-state index contributed by atoms with van der Waals surface area (Å²) in [4.78, 5) is 32.9. The molecular weight excluding hydrogens is 464 g/mol. The third-order valence-electron chi connectivity index (χ3n) is 8.99. The van der Waals surface area contributed by atoms with Crippen LogP contribution in [0.25, 0.3) is 11.3 Å². The fourth-order valence-electron chi connectivity index (χ4n) is 7.33. The summed E-state index contributed by atoms with van der Waals surface area (Å²) in [7, 11) is 0. The molecule has 1 saturated heterocycles. The van der Waals surface area contributed by atoms with Crippen LogP contribution in [0, 0.1) is 23.0 Å². The van der Waals surface area contributed by atoms with Crippen molar-refractivity contribution >= 4 is 5.91 Å². The lowest BCUT2D eigenvalue weighted by atomic mass is 9.59. The second-order valence-electron chi connectivity index (χ2n) is 10.8. The SMILES string of the molecule is CC1(C)[C@H]2CCC1(C1CCCN(C(=O)c3c[nH]c(=O)cn3)C1)c1nnc(-c3c(F)cccc3F)cc12. The van der Waals surface area contributed by atoms with E-state index in [1.807, 2.05) is 11.0 Å². The number of amides is 1. The third-order valence-corrected chi connectivity index (χ3v) is 8.99. The smallest absolute Gasteiger partial charge is 0.273 e. The van der Waals surface area contributed by atoms with E-state index in [0.717, 1.165) is 43.1 Å². The molecule has 6 rings (SSSR count). The molecule has 0 spiro atoms. The van der Waals surface area contributed by atoms with Crippen LogP contribution in [0.5, 0.6) is 0 Å². The maximum atomic E-state index is 14.5. The van der Waals surface area contributed by atoms with Crippen LogP contribution in [0.1, 0.15) is 67.2 Å². The lowest BCUT2D eigenvalue weighted by Gasteiger charge is -2.48. The molecule has 9 heteroatoms. The number of hydrogen-bond donors (Lipinski definition) is 1. The van der Waals surface area contributed by atoms with E-state index in [9.17, 15) is 18.4 Å². The Bertz CT molecular complexity index is 1400. The van der Waals surface area contributed by atoms with Crippen LogP contribution in [0.3, 0.4) is 0 Å². The van der Waals surface area contributed by atoms with Gasteiger partial charge in [-0.05, 0) is 66.7 Å². The molecule has 2 aliphatic carbocycles. The minimum Gasteiger partial charge on any atom is -0.337 e. The van der Waals surface area contributed by atoms with Crippen LogP contribution in [-0.4, -0.2) is 44.1 Å². The molecule has 7 nitrogen and oxygen atoms in total. The number of aromatic nitrogens is 4. The average Bonchev–Trinajstić information content (AvgIpc) is 3.25. The number of carbonyl (C=O) groups is 1. The number of rotatable bonds is 3. The summed E-state index contributed by atoms with van der Waals surface area (Å²) >= 11 is 0. The van der Waals surface area contributed by atoms with Gasteiger partial charge in [0.25, 0.3) is 11.5 Å². The average molecular weight is 492 g/mol. The van der Waals surface area contributed by atoms with Gasteiger partial charge in [0.1, 0.15) is 17.3 Å². The third kappa shape index (κ3) is 3.10. The zero-order valence-corrected chi connectivity index (χ0v) is 20.2. The number of halogens is 2. The fraction of sp³-hybridized carbons (Fsp3) is 0.444. The Hall–Kier alpha value is -3.49. The summed E-state index contributed by atoms with van der Waals surface area (Å²) in [5.41, 5.74) is 1.43. The molecule has 2 bridgehead atoms. The zero-order chi connectivity index (χ0) is 25.2. The fourth-order valence-corrected chi connectivity index (χ4v) is 7.33. The van der Waals surface area contributed by atoms with Crippen LogP contribution in [0.15, 0.2) is 41.5 Å². The van der Waals surface area contributed by atoms with Crippen molar-refractivity contribution < 1.29 is 13.6 Å². The van der Waals surface area contributed by atoms with Crippen LogP contribution in [0.2, 0.25) is 0 Å². The van der Waals surface area contributed by atoms with E-state index in [0.29, 0.717) is 13.1 Å². The van der Waals surface area contributed by atoms with E-state index in [1.54, 1.807) is 0 Å². The molecule has 2 fully saturated rings. The number of likely N-dealkylation sites (tertiary alicyclic amines) is 1. The van der Waals surface area contributed by atoms with Gasteiger partial charge in [-0.1, -0.05) is 19.9 Å². The van der Waals surface area contributed by atoms with E-state index in [1.165, 1.54) is 24.4 Å². The summed E-state index contributed by atoms with van der Waals surface area (Å²) < 4.78 is 29.0. The lowest BCUT2D eigenvalue weighted by Crippen LogP contribution is -2.51. The maximum Gasteiger partial charge on any atom is 0.273 e. The second kappa shape index (κ2) is 8.01. The quantitative estimate of drug-likeness (QED) is 0.593. The highest BCUT2D eigenvalue weighted by Gasteiger charge is 2.66. The summed E-state index contributed by atoms with van der Waals surface area (Å²) in [6.07, 6.45) is 6.17. The normalized spacial score (nSPS) is 26.2. The maximum absolute atomic E-state index is 14.5. The number of hydrogen-bond acceptors (Lipinski definition) is 5. The molecule has 1 amide bonds. The van der Waals surface area contributed by atoms with Crippen molar-refractivity contribution in [1.29, 1.82) is 0 Å². The summed E-state index contributed by atoms with van der Waals surface area (Å²) in [6, 6.07) is 5.63. The van der Waals surface area contributed by atoms with Crippen molar-refractivity contribution in [2.24, 2.45) is 11.3 Å². The highest BCUT2D eigenvalue weighted by molar-refractivity contribution is 5.92. The first-order valence-corrected chi connectivity index (χ1v) is 12.4. The molecule has 2 aromatic heterocycles. The molecule has 0 radical (unpaired) electrons. The summed E-state index contributed by atoms with van der Waals surface area (Å²) in [6.45, 7) is 5.68. The number of benzene rings is 1. The molecule has 2 unspecified atom stereocenters. The molecular formula is C27H27F2N5O2. The first-order chi connectivity index (χ1) is 17.2. The Balaban J connectivity index is 1.38. The van der Waals surface area contributed by atoms with Crippen molar-refractivity contribution in [2.75, 3.05) is 13.1 Å². The van der Waals surface area contributed by atoms with Gasteiger partial charge in [-0.3, -0.25) is 9.59 Å². The van der Waals surface area contributed by atoms with Crippen LogP contribution in [0.4, 0.5) is 8.78 Å². The van der Waals surface area contributed by atoms with Crippen molar-refractivity contribution in [2.45, 2.75) is 50.9 Å². The van der Waals surface area contributed by atoms with Gasteiger partial charge in [-0.15, -0.1) is 0 Å². The Morgan fingerprint density at radius 3 is 2.67 bits per heavy atom. The molecule has 1 aliphatic heterocycles. The van der Waals surface area contributed by atoms with E-state index >= 15 is 0 Å². The molecule has 1 aromatic carbocycles. The topological polar surface area (TPSA) is 91.8 Å². The van der Waals surface area contributed by atoms with Crippen molar-refractivity contribution in [3.8, 4) is 11.3 Å². The summed E-state index contributed by atoms with van der Waals surface area (Å²) in [5, 5.41) is 8.96. The van der Waals surface area contributed by atoms with Gasteiger partial charge in [0.15, 0.2) is 0 Å². The number of aromatic amines is 1. The standard InChI is InChI=1S/C27H27F2N5O2/c1-26(2)17-8-9-27(26,15-5-4-10-34(14-15)25(36)21-12-31-22(35)13-30-21)24-16(17)11-20(32-33-24)23-18(28)6-3-7-19(23)29/h3,6-7,11-13,15,17H,4-5,8-10,14H2,1-2H3,(H,31,35)/t15?,17-,27?/m0/s1. The van der Waals surface area contributed by atoms with Gasteiger partial charge in [0.05, 0.1) is 23.1 Å². The molecule has 1 N–H and O–H groups in total. The number of nitrogens with zero attached hydrogens (tertiary/aromatic N) is 4. The Kier molecular flexibility index (Phi) is 5.10. The van der Waals surface area contributed by atoms with E-state index in [4.69, 9.17) is 0 Å². The number of H-pyrrole nitrogens is 1. The van der Waals surface area contributed by atoms with Crippen molar-refractivity contribution in [1.82, 2.24) is 25.1 Å². The predicted octanol–water partition coefficient (Wildman–Crippen LogP) is 4.21. The van der Waals surface area contributed by atoms with E-state index < -0.39 is 11.6 Å². The molecule has 186 valence electrons. The number of carbonyl (C=O) groups excluding carboxylic acids is 1. The Morgan fingerprint density at radius 1 is 1.17 bits per heavy atom. The molecule has 36 heavy (non-hydrogen) atoms. The first-order valence-electron chi connectivity index (χ1n) is 12.4. The highest BCUT2D eigenvalue weighted by atomic mass is 19.1. The van der Waals surface area contributed by atoms with Crippen LogP contribution in [-0.2, 0) is 5.41 Å². The number of nitrogens with one attached hydrogen (secondary N) is 1. The zero-order valence-electron chi connectivity index (χ0n) is 20.2. The molecule has 3 aromatic rings. The molecule has 1 saturated carbocycles. The lowest BCUT2D eigenvalue weighted by molar-refractivity contribution is 0.0419. The van der Waals surface area contributed by atoms with Gasteiger partial charge in [-0.25, -0.2) is 13.8 Å². The monoisotopic (exact) mass is 491 g/mol. The van der Waals surface area contributed by atoms with Crippen molar-refractivity contribution in [3.05, 3.63) is 75.6 Å². The molecule has 3 heterocycles. The van der Waals surface area contributed by atoms with Gasteiger partial charge in [0.2, 0.25) is 0 Å². The van der Waals surface area contributed by atoms with Gasteiger partial charge >= 0.3 is 0 Å². The summed E-state index contributed by atoms with van der Waals surface area (Å²) in [5.74, 6) is -1.15. The van der Waals surface area contributed by atoms with Crippen LogP contribution >= 0.6 is 0 Å². The number of fused-ring (bicyclic) bond motifs is 5. The molecule has 3 atom stereocenters. The Morgan fingerprint density at radius 2 is 1.94 bits per heavy atom. The van der Waals surface area contributed by atoms with Gasteiger partial charge in [-0.2, -0.15) is 10.2 Å². The minimum absolute atomic E-state index is 0.148. The number of piperidine rings is 1. The van der Waals surface area contributed by atoms with E-state index in [-0.39, 0.29) is 51.1 Å². The van der Waals surface area contributed by atoms with Crippen LogP contribution < -0.4 is 5.56 Å². The molecule has 3 aliphatic rings. The van der Waals surface area contributed by atoms with Crippen molar-refractivity contribution in [3.63, 3.8) is 0 Å².